The molecule has 2 heterocycles. The predicted molar refractivity (Wildman–Crippen MR) is 86.4 cm³/mol. The Labute approximate surface area is 128 Å². The molecule has 0 aromatic carbocycles. The van der Waals surface area contributed by atoms with Crippen LogP contribution in [0.15, 0.2) is 11.4 Å². The van der Waals surface area contributed by atoms with Gasteiger partial charge in [0, 0.05) is 28.1 Å². The fourth-order valence-corrected chi connectivity index (χ4v) is 5.06. The van der Waals surface area contributed by atoms with E-state index in [0.29, 0.717) is 5.92 Å². The average Bonchev–Trinajstić information content (AvgIpc) is 3.03. The van der Waals surface area contributed by atoms with Gasteiger partial charge < -0.3 is 0 Å². The average molecular weight is 307 g/mol. The van der Waals surface area contributed by atoms with Crippen LogP contribution in [-0.4, -0.2) is 11.0 Å². The molecule has 0 bridgehead atoms. The van der Waals surface area contributed by atoms with Gasteiger partial charge in [-0.25, -0.2) is 4.98 Å². The molecule has 2 atom stereocenters. The number of hydrogen-bond acceptors (Lipinski definition) is 5. The van der Waals surface area contributed by atoms with Crippen LogP contribution >= 0.6 is 22.7 Å². The highest BCUT2D eigenvalue weighted by Crippen LogP contribution is 2.38. The van der Waals surface area contributed by atoms with Gasteiger partial charge in [0.05, 0.1) is 10.7 Å². The molecule has 0 amide bonds. The van der Waals surface area contributed by atoms with Crippen molar-refractivity contribution in [1.29, 1.82) is 0 Å². The highest BCUT2D eigenvalue weighted by Gasteiger charge is 2.29. The monoisotopic (exact) mass is 307 g/mol. The molecule has 3 rings (SSSR count). The Bertz CT molecular complexity index is 568. The maximum Gasteiger partial charge on any atom is 0.0947 e. The Kier molecular flexibility index (Phi) is 4.21. The lowest BCUT2D eigenvalue weighted by atomic mass is 9.81. The highest BCUT2D eigenvalue weighted by atomic mass is 32.1. The highest BCUT2D eigenvalue weighted by molar-refractivity contribution is 7.11. The normalized spacial score (nSPS) is 19.9. The summed E-state index contributed by atoms with van der Waals surface area (Å²) < 4.78 is 0. The molecule has 20 heavy (non-hydrogen) atoms. The van der Waals surface area contributed by atoms with E-state index in [4.69, 9.17) is 5.84 Å². The molecule has 0 aliphatic heterocycles. The van der Waals surface area contributed by atoms with Crippen molar-refractivity contribution in [3.63, 3.8) is 0 Å². The summed E-state index contributed by atoms with van der Waals surface area (Å²) in [4.78, 5) is 7.53. The molecule has 0 fully saturated rings. The molecular formula is C15H21N3S2. The fraction of sp³-hybridized carbons (Fsp3) is 0.533. The number of nitrogens with two attached hydrogens (primary N) is 1. The first kappa shape index (κ1) is 14.2. The Morgan fingerprint density at radius 1 is 1.50 bits per heavy atom. The Balaban J connectivity index is 1.81. The summed E-state index contributed by atoms with van der Waals surface area (Å²) >= 11 is 3.69. The molecule has 1 aliphatic carbocycles. The molecule has 2 unspecified atom stereocenters. The van der Waals surface area contributed by atoms with Crippen LogP contribution in [0.25, 0.3) is 0 Å². The summed E-state index contributed by atoms with van der Waals surface area (Å²) in [6, 6.07) is 2.57. The number of thiophene rings is 1. The van der Waals surface area contributed by atoms with Gasteiger partial charge in [-0.15, -0.1) is 22.7 Å². The molecule has 108 valence electrons. The van der Waals surface area contributed by atoms with E-state index in [9.17, 15) is 0 Å². The summed E-state index contributed by atoms with van der Waals surface area (Å²) in [6.07, 6.45) is 4.65. The van der Waals surface area contributed by atoms with Gasteiger partial charge in [0.2, 0.25) is 0 Å². The van der Waals surface area contributed by atoms with Gasteiger partial charge in [-0.1, -0.05) is 0 Å². The van der Waals surface area contributed by atoms with Crippen molar-refractivity contribution in [2.75, 3.05) is 0 Å². The largest absolute Gasteiger partial charge is 0.271 e. The van der Waals surface area contributed by atoms with Crippen molar-refractivity contribution in [2.24, 2.45) is 5.84 Å². The molecule has 3 N–H and O–H groups in total. The lowest BCUT2D eigenvalue weighted by Crippen LogP contribution is -2.42. The predicted octanol–water partition coefficient (Wildman–Crippen LogP) is 3.32. The first-order chi connectivity index (χ1) is 9.69. The van der Waals surface area contributed by atoms with Gasteiger partial charge in [0.25, 0.3) is 0 Å². The molecule has 0 saturated carbocycles. The van der Waals surface area contributed by atoms with Gasteiger partial charge in [-0.3, -0.25) is 11.3 Å². The van der Waals surface area contributed by atoms with Crippen LogP contribution in [0.5, 0.6) is 0 Å². The number of hydrazine groups is 1. The van der Waals surface area contributed by atoms with Crippen LogP contribution in [0.1, 0.15) is 44.8 Å². The summed E-state index contributed by atoms with van der Waals surface area (Å²) in [5, 5.41) is 3.42. The second kappa shape index (κ2) is 5.93. The van der Waals surface area contributed by atoms with Gasteiger partial charge >= 0.3 is 0 Å². The van der Waals surface area contributed by atoms with Crippen LogP contribution in [0.2, 0.25) is 0 Å². The number of hydrogen-bond donors (Lipinski definition) is 2. The van der Waals surface area contributed by atoms with E-state index in [0.717, 1.165) is 12.1 Å². The van der Waals surface area contributed by atoms with E-state index in [1.807, 2.05) is 11.3 Å². The summed E-state index contributed by atoms with van der Waals surface area (Å²) in [5.41, 5.74) is 5.71. The van der Waals surface area contributed by atoms with Crippen molar-refractivity contribution in [3.8, 4) is 0 Å². The number of thiazole rings is 1. The van der Waals surface area contributed by atoms with E-state index in [2.05, 4.69) is 35.7 Å². The van der Waals surface area contributed by atoms with Crippen LogP contribution < -0.4 is 11.3 Å². The number of rotatable bonds is 4. The SMILES string of the molecule is Cc1nc(CC(NN)C2CCCc3sccc32)sc1C. The molecule has 2 aromatic rings. The Morgan fingerprint density at radius 3 is 3.05 bits per heavy atom. The molecule has 0 radical (unpaired) electrons. The second-order valence-electron chi connectivity index (χ2n) is 5.52. The third-order valence-corrected chi connectivity index (χ3v) is 6.36. The van der Waals surface area contributed by atoms with E-state index in [-0.39, 0.29) is 6.04 Å². The zero-order chi connectivity index (χ0) is 14.1. The van der Waals surface area contributed by atoms with Gasteiger partial charge in [-0.05, 0) is 50.1 Å². The molecule has 0 saturated heterocycles. The molecular weight excluding hydrogens is 286 g/mol. The van der Waals surface area contributed by atoms with Crippen molar-refractivity contribution >= 4 is 22.7 Å². The van der Waals surface area contributed by atoms with Crippen LogP contribution in [0.3, 0.4) is 0 Å². The number of aryl methyl sites for hydroxylation is 3. The molecule has 3 nitrogen and oxygen atoms in total. The third kappa shape index (κ3) is 2.68. The van der Waals surface area contributed by atoms with Crippen molar-refractivity contribution in [1.82, 2.24) is 10.4 Å². The minimum absolute atomic E-state index is 0.286. The lowest BCUT2D eigenvalue weighted by molar-refractivity contribution is 0.397. The fourth-order valence-electron chi connectivity index (χ4n) is 3.07. The molecule has 0 spiro atoms. The number of aromatic nitrogens is 1. The number of fused-ring (bicyclic) bond motifs is 1. The standard InChI is InChI=1S/C15H21N3S2/c1-9-10(2)20-15(17-9)8-13(18-16)11-4-3-5-14-12(11)6-7-19-14/h6-7,11,13,18H,3-5,8,16H2,1-2H3. The first-order valence-electron chi connectivity index (χ1n) is 7.14. The van der Waals surface area contributed by atoms with E-state index in [1.165, 1.54) is 34.7 Å². The molecule has 1 aliphatic rings. The van der Waals surface area contributed by atoms with Crippen LogP contribution in [0.4, 0.5) is 0 Å². The molecule has 2 aromatic heterocycles. The Hall–Kier alpha value is -0.750. The topological polar surface area (TPSA) is 50.9 Å². The zero-order valence-electron chi connectivity index (χ0n) is 12.0. The minimum atomic E-state index is 0.286. The van der Waals surface area contributed by atoms with E-state index < -0.39 is 0 Å². The maximum atomic E-state index is 5.85. The summed E-state index contributed by atoms with van der Waals surface area (Å²) in [5.74, 6) is 6.38. The number of nitrogens with zero attached hydrogens (tertiary/aromatic N) is 1. The van der Waals surface area contributed by atoms with Gasteiger partial charge in [0.1, 0.15) is 0 Å². The van der Waals surface area contributed by atoms with Crippen molar-refractivity contribution < 1.29 is 0 Å². The summed E-state index contributed by atoms with van der Waals surface area (Å²) in [6.45, 7) is 4.22. The lowest BCUT2D eigenvalue weighted by Gasteiger charge is -2.29. The second-order valence-corrected chi connectivity index (χ2v) is 7.81. The van der Waals surface area contributed by atoms with E-state index >= 15 is 0 Å². The first-order valence-corrected chi connectivity index (χ1v) is 8.84. The van der Waals surface area contributed by atoms with Crippen LogP contribution in [0, 0.1) is 13.8 Å². The zero-order valence-corrected chi connectivity index (χ0v) is 13.6. The minimum Gasteiger partial charge on any atom is -0.271 e. The molecule has 5 heteroatoms. The third-order valence-electron chi connectivity index (χ3n) is 4.27. The Morgan fingerprint density at radius 2 is 2.35 bits per heavy atom. The quantitative estimate of drug-likeness (QED) is 0.673. The van der Waals surface area contributed by atoms with Gasteiger partial charge in [0.15, 0.2) is 0 Å². The smallest absolute Gasteiger partial charge is 0.0947 e. The van der Waals surface area contributed by atoms with E-state index in [1.54, 1.807) is 16.2 Å². The summed E-state index contributed by atoms with van der Waals surface area (Å²) in [7, 11) is 0. The maximum absolute atomic E-state index is 5.85. The van der Waals surface area contributed by atoms with Crippen molar-refractivity contribution in [2.45, 2.75) is 51.5 Å². The van der Waals surface area contributed by atoms with Crippen LogP contribution in [-0.2, 0) is 12.8 Å². The van der Waals surface area contributed by atoms with Gasteiger partial charge in [-0.2, -0.15) is 0 Å². The number of nitrogens with one attached hydrogen (secondary N) is 1. The van der Waals surface area contributed by atoms with Crippen molar-refractivity contribution in [3.05, 3.63) is 37.5 Å².